The molecule has 0 bridgehead atoms. The molecule has 19 heavy (non-hydrogen) atoms. The summed E-state index contributed by atoms with van der Waals surface area (Å²) < 4.78 is 5.21. The van der Waals surface area contributed by atoms with Gasteiger partial charge in [0.15, 0.2) is 0 Å². The lowest BCUT2D eigenvalue weighted by Crippen LogP contribution is -2.38. The number of benzene rings is 1. The third-order valence-electron chi connectivity index (χ3n) is 4.27. The Labute approximate surface area is 115 Å². The van der Waals surface area contributed by atoms with Crippen LogP contribution in [0.4, 0.5) is 0 Å². The Morgan fingerprint density at radius 2 is 2.05 bits per heavy atom. The smallest absolute Gasteiger partial charge is 0.118 e. The van der Waals surface area contributed by atoms with E-state index >= 15 is 0 Å². The highest BCUT2D eigenvalue weighted by atomic mass is 16.5. The average Bonchev–Trinajstić information content (AvgIpc) is 3.26. The summed E-state index contributed by atoms with van der Waals surface area (Å²) >= 11 is 0. The summed E-state index contributed by atoms with van der Waals surface area (Å²) in [5.74, 6) is 1.88. The zero-order valence-electron chi connectivity index (χ0n) is 11.8. The second-order valence-corrected chi connectivity index (χ2v) is 5.83. The van der Waals surface area contributed by atoms with Gasteiger partial charge in [0, 0.05) is 19.1 Å². The first-order valence-corrected chi connectivity index (χ1v) is 7.44. The average molecular weight is 260 g/mol. The zero-order valence-corrected chi connectivity index (χ0v) is 11.8. The molecule has 1 aromatic carbocycles. The van der Waals surface area contributed by atoms with Crippen molar-refractivity contribution in [2.45, 2.75) is 31.8 Å². The van der Waals surface area contributed by atoms with Gasteiger partial charge in [-0.1, -0.05) is 12.1 Å². The van der Waals surface area contributed by atoms with E-state index in [2.05, 4.69) is 34.5 Å². The van der Waals surface area contributed by atoms with Crippen molar-refractivity contribution in [1.82, 2.24) is 10.2 Å². The number of nitrogens with zero attached hydrogens (tertiary/aromatic N) is 1. The molecule has 0 amide bonds. The largest absolute Gasteiger partial charge is 0.497 e. The lowest BCUT2D eigenvalue weighted by molar-refractivity contribution is 0.251. The predicted molar refractivity (Wildman–Crippen MR) is 77.4 cm³/mol. The van der Waals surface area contributed by atoms with Crippen LogP contribution in [-0.2, 0) is 6.54 Å². The van der Waals surface area contributed by atoms with Gasteiger partial charge in [-0.15, -0.1) is 0 Å². The van der Waals surface area contributed by atoms with Crippen molar-refractivity contribution >= 4 is 0 Å². The molecule has 2 aliphatic rings. The summed E-state index contributed by atoms with van der Waals surface area (Å²) in [6, 6.07) is 9.21. The summed E-state index contributed by atoms with van der Waals surface area (Å²) in [7, 11) is 1.72. The molecule has 2 fully saturated rings. The Hall–Kier alpha value is -1.06. The number of rotatable bonds is 4. The zero-order chi connectivity index (χ0) is 13.1. The van der Waals surface area contributed by atoms with E-state index in [0.717, 1.165) is 24.3 Å². The quantitative estimate of drug-likeness (QED) is 0.899. The molecular weight excluding hydrogens is 236 g/mol. The Morgan fingerprint density at radius 1 is 1.26 bits per heavy atom. The highest BCUT2D eigenvalue weighted by molar-refractivity contribution is 5.27. The first-order valence-electron chi connectivity index (χ1n) is 7.44. The minimum absolute atomic E-state index is 0.723. The number of hydrogen-bond acceptors (Lipinski definition) is 3. The predicted octanol–water partition coefficient (Wildman–Crippen LogP) is 2.27. The molecule has 1 heterocycles. The Bertz CT molecular complexity index is 400. The third-order valence-corrected chi connectivity index (χ3v) is 4.27. The maximum absolute atomic E-state index is 5.21. The molecule has 1 aliphatic carbocycles. The van der Waals surface area contributed by atoms with Crippen LogP contribution in [-0.4, -0.2) is 37.7 Å². The van der Waals surface area contributed by atoms with Crippen LogP contribution in [0.25, 0.3) is 0 Å². The van der Waals surface area contributed by atoms with Gasteiger partial charge in [-0.2, -0.15) is 0 Å². The molecule has 0 aromatic heterocycles. The lowest BCUT2D eigenvalue weighted by Gasteiger charge is -2.24. The first-order chi connectivity index (χ1) is 9.35. The maximum Gasteiger partial charge on any atom is 0.118 e. The molecule has 0 radical (unpaired) electrons. The second-order valence-electron chi connectivity index (χ2n) is 5.83. The van der Waals surface area contributed by atoms with E-state index in [1.807, 2.05) is 0 Å². The van der Waals surface area contributed by atoms with E-state index in [-0.39, 0.29) is 0 Å². The molecule has 1 aromatic rings. The molecule has 1 atom stereocenters. The number of nitrogens with one attached hydrogen (secondary N) is 1. The molecule has 1 unspecified atom stereocenters. The second kappa shape index (κ2) is 5.93. The van der Waals surface area contributed by atoms with Gasteiger partial charge in [0.05, 0.1) is 7.11 Å². The van der Waals surface area contributed by atoms with Gasteiger partial charge in [-0.05, 0) is 56.0 Å². The SMILES string of the molecule is COc1ccc(CN2CCCNC(C3CC3)C2)cc1. The van der Waals surface area contributed by atoms with Crippen molar-refractivity contribution in [3.8, 4) is 5.75 Å². The fraction of sp³-hybridized carbons (Fsp3) is 0.625. The first kappa shape index (κ1) is 12.9. The van der Waals surface area contributed by atoms with Crippen molar-refractivity contribution in [3.63, 3.8) is 0 Å². The van der Waals surface area contributed by atoms with Crippen molar-refractivity contribution in [3.05, 3.63) is 29.8 Å². The number of hydrogen-bond donors (Lipinski definition) is 1. The topological polar surface area (TPSA) is 24.5 Å². The van der Waals surface area contributed by atoms with E-state index in [0.29, 0.717) is 0 Å². The molecule has 104 valence electrons. The summed E-state index contributed by atoms with van der Waals surface area (Å²) in [5.41, 5.74) is 1.39. The van der Waals surface area contributed by atoms with Gasteiger partial charge >= 0.3 is 0 Å². The van der Waals surface area contributed by atoms with Crippen LogP contribution in [0.5, 0.6) is 5.75 Å². The molecule has 1 saturated heterocycles. The van der Waals surface area contributed by atoms with Crippen molar-refractivity contribution in [2.75, 3.05) is 26.7 Å². The van der Waals surface area contributed by atoms with Crippen molar-refractivity contribution < 1.29 is 4.74 Å². The standard InChI is InChI=1S/C16H24N2O/c1-19-15-7-3-13(4-8-15)11-18-10-2-9-17-16(12-18)14-5-6-14/h3-4,7-8,14,16-17H,2,5-6,9-12H2,1H3. The molecule has 1 aliphatic heterocycles. The Balaban J connectivity index is 1.60. The fourth-order valence-corrected chi connectivity index (χ4v) is 2.97. The van der Waals surface area contributed by atoms with Gasteiger partial charge in [-0.25, -0.2) is 0 Å². The normalized spacial score (nSPS) is 25.0. The van der Waals surface area contributed by atoms with Gasteiger partial charge in [-0.3, -0.25) is 4.90 Å². The molecule has 1 N–H and O–H groups in total. The fourth-order valence-electron chi connectivity index (χ4n) is 2.97. The lowest BCUT2D eigenvalue weighted by atomic mass is 10.1. The van der Waals surface area contributed by atoms with Crippen molar-refractivity contribution in [2.24, 2.45) is 5.92 Å². The van der Waals surface area contributed by atoms with Gasteiger partial charge in [0.25, 0.3) is 0 Å². The molecule has 3 heteroatoms. The summed E-state index contributed by atoms with van der Waals surface area (Å²) in [4.78, 5) is 2.60. The van der Waals surface area contributed by atoms with Crippen LogP contribution in [0, 0.1) is 5.92 Å². The maximum atomic E-state index is 5.21. The molecular formula is C16H24N2O. The molecule has 1 saturated carbocycles. The number of methoxy groups -OCH3 is 1. The molecule has 3 nitrogen and oxygen atoms in total. The summed E-state index contributed by atoms with van der Waals surface area (Å²) in [6.45, 7) is 4.66. The van der Waals surface area contributed by atoms with Crippen molar-refractivity contribution in [1.29, 1.82) is 0 Å². The Kier molecular flexibility index (Phi) is 4.04. The Morgan fingerprint density at radius 3 is 2.74 bits per heavy atom. The monoisotopic (exact) mass is 260 g/mol. The number of ether oxygens (including phenoxy) is 1. The van der Waals surface area contributed by atoms with Gasteiger partial charge in [0.1, 0.15) is 5.75 Å². The van der Waals surface area contributed by atoms with E-state index in [4.69, 9.17) is 4.74 Å². The van der Waals surface area contributed by atoms with Gasteiger partial charge in [0.2, 0.25) is 0 Å². The van der Waals surface area contributed by atoms with E-state index in [9.17, 15) is 0 Å². The highest BCUT2D eigenvalue weighted by Crippen LogP contribution is 2.33. The van der Waals surface area contributed by atoms with Crippen LogP contribution in [0.3, 0.4) is 0 Å². The van der Waals surface area contributed by atoms with Gasteiger partial charge < -0.3 is 10.1 Å². The minimum Gasteiger partial charge on any atom is -0.497 e. The van der Waals surface area contributed by atoms with E-state index < -0.39 is 0 Å². The van der Waals surface area contributed by atoms with Crippen LogP contribution in [0.15, 0.2) is 24.3 Å². The van der Waals surface area contributed by atoms with E-state index in [1.165, 1.54) is 44.5 Å². The van der Waals surface area contributed by atoms with Crippen LogP contribution < -0.4 is 10.1 Å². The van der Waals surface area contributed by atoms with E-state index in [1.54, 1.807) is 7.11 Å². The highest BCUT2D eigenvalue weighted by Gasteiger charge is 2.32. The molecule has 3 rings (SSSR count). The minimum atomic E-state index is 0.723. The molecule has 0 spiro atoms. The summed E-state index contributed by atoms with van der Waals surface area (Å²) in [5, 5.41) is 3.72. The summed E-state index contributed by atoms with van der Waals surface area (Å²) in [6.07, 6.45) is 4.11. The third kappa shape index (κ3) is 3.48. The van der Waals surface area contributed by atoms with Crippen LogP contribution in [0.1, 0.15) is 24.8 Å². The van der Waals surface area contributed by atoms with Crippen LogP contribution in [0.2, 0.25) is 0 Å². The van der Waals surface area contributed by atoms with Crippen LogP contribution >= 0.6 is 0 Å².